The van der Waals surface area contributed by atoms with Crippen LogP contribution in [0.4, 0.5) is 5.69 Å². The van der Waals surface area contributed by atoms with E-state index in [9.17, 15) is 4.79 Å². The summed E-state index contributed by atoms with van der Waals surface area (Å²) in [6.07, 6.45) is 2.29. The van der Waals surface area contributed by atoms with Gasteiger partial charge in [0.15, 0.2) is 0 Å². The maximum Gasteiger partial charge on any atom is 0.222 e. The third-order valence-electron chi connectivity index (χ3n) is 3.22. The molecule has 0 saturated heterocycles. The summed E-state index contributed by atoms with van der Waals surface area (Å²) < 4.78 is 0. The number of nitrogen functional groups attached to an aromatic ring is 1. The standard InChI is InChI=1S/C14H22N2O/c1-4-11(2)16(3)14(17)9-8-12-6-5-7-13(15)10-12/h5-7,10-11H,4,8-9,15H2,1-3H3. The normalized spacial score (nSPS) is 12.2. The first-order chi connectivity index (χ1) is 8.04. The number of hydrogen-bond donors (Lipinski definition) is 1. The van der Waals surface area contributed by atoms with Crippen LogP contribution in [0.1, 0.15) is 32.3 Å². The van der Waals surface area contributed by atoms with Crippen LogP contribution in [0.3, 0.4) is 0 Å². The fourth-order valence-electron chi connectivity index (χ4n) is 1.70. The van der Waals surface area contributed by atoms with Crippen molar-refractivity contribution in [3.63, 3.8) is 0 Å². The van der Waals surface area contributed by atoms with E-state index in [0.29, 0.717) is 12.5 Å². The smallest absolute Gasteiger partial charge is 0.222 e. The number of hydrogen-bond acceptors (Lipinski definition) is 2. The molecule has 2 N–H and O–H groups in total. The minimum Gasteiger partial charge on any atom is -0.399 e. The molecule has 1 aromatic rings. The summed E-state index contributed by atoms with van der Waals surface area (Å²) in [4.78, 5) is 13.7. The molecule has 0 spiro atoms. The fourth-order valence-corrected chi connectivity index (χ4v) is 1.70. The van der Waals surface area contributed by atoms with Crippen LogP contribution >= 0.6 is 0 Å². The Labute approximate surface area is 104 Å². The lowest BCUT2D eigenvalue weighted by atomic mass is 10.1. The van der Waals surface area contributed by atoms with Crippen molar-refractivity contribution in [1.82, 2.24) is 4.90 Å². The lowest BCUT2D eigenvalue weighted by molar-refractivity contribution is -0.131. The summed E-state index contributed by atoms with van der Waals surface area (Å²) in [5, 5.41) is 0. The van der Waals surface area contributed by atoms with Crippen molar-refractivity contribution in [2.24, 2.45) is 0 Å². The monoisotopic (exact) mass is 234 g/mol. The van der Waals surface area contributed by atoms with Crippen molar-refractivity contribution in [2.45, 2.75) is 39.2 Å². The van der Waals surface area contributed by atoms with Crippen molar-refractivity contribution >= 4 is 11.6 Å². The molecule has 94 valence electrons. The molecule has 0 aliphatic heterocycles. The van der Waals surface area contributed by atoms with Gasteiger partial charge in [0, 0.05) is 25.2 Å². The van der Waals surface area contributed by atoms with Gasteiger partial charge in [-0.05, 0) is 37.5 Å². The topological polar surface area (TPSA) is 46.3 Å². The maximum atomic E-state index is 11.9. The molecule has 0 saturated carbocycles. The Bertz CT molecular complexity index is 376. The molecule has 1 rings (SSSR count). The molecule has 1 amide bonds. The largest absolute Gasteiger partial charge is 0.399 e. The Morgan fingerprint density at radius 1 is 1.47 bits per heavy atom. The number of nitrogens with two attached hydrogens (primary N) is 1. The third kappa shape index (κ3) is 4.10. The molecule has 0 bridgehead atoms. The van der Waals surface area contributed by atoms with E-state index in [1.165, 1.54) is 0 Å². The highest BCUT2D eigenvalue weighted by Crippen LogP contribution is 2.10. The first-order valence-corrected chi connectivity index (χ1v) is 6.14. The second-order valence-electron chi connectivity index (χ2n) is 4.51. The SMILES string of the molecule is CCC(C)N(C)C(=O)CCc1cccc(N)c1. The van der Waals surface area contributed by atoms with Gasteiger partial charge in [-0.2, -0.15) is 0 Å². The van der Waals surface area contributed by atoms with Crippen LogP contribution < -0.4 is 5.73 Å². The van der Waals surface area contributed by atoms with Gasteiger partial charge in [0.2, 0.25) is 5.91 Å². The van der Waals surface area contributed by atoms with Gasteiger partial charge in [0.1, 0.15) is 0 Å². The quantitative estimate of drug-likeness (QED) is 0.795. The van der Waals surface area contributed by atoms with E-state index in [1.54, 1.807) is 0 Å². The van der Waals surface area contributed by atoms with Gasteiger partial charge in [-0.25, -0.2) is 0 Å². The minimum atomic E-state index is 0.196. The lowest BCUT2D eigenvalue weighted by Gasteiger charge is -2.23. The van der Waals surface area contributed by atoms with Gasteiger partial charge in [0.25, 0.3) is 0 Å². The zero-order valence-electron chi connectivity index (χ0n) is 10.9. The van der Waals surface area contributed by atoms with Crippen LogP contribution in [0, 0.1) is 0 Å². The summed E-state index contributed by atoms with van der Waals surface area (Å²) in [6.45, 7) is 4.16. The summed E-state index contributed by atoms with van der Waals surface area (Å²) in [5.41, 5.74) is 7.58. The highest BCUT2D eigenvalue weighted by molar-refractivity contribution is 5.76. The number of amides is 1. The van der Waals surface area contributed by atoms with E-state index in [0.717, 1.165) is 24.1 Å². The highest BCUT2D eigenvalue weighted by Gasteiger charge is 2.13. The maximum absolute atomic E-state index is 11.9. The van der Waals surface area contributed by atoms with E-state index in [1.807, 2.05) is 36.2 Å². The van der Waals surface area contributed by atoms with E-state index in [-0.39, 0.29) is 5.91 Å². The van der Waals surface area contributed by atoms with Gasteiger partial charge in [-0.1, -0.05) is 19.1 Å². The van der Waals surface area contributed by atoms with E-state index in [4.69, 9.17) is 5.73 Å². The van der Waals surface area contributed by atoms with Crippen LogP contribution in [-0.4, -0.2) is 23.9 Å². The van der Waals surface area contributed by atoms with E-state index >= 15 is 0 Å². The molecular formula is C14H22N2O. The highest BCUT2D eigenvalue weighted by atomic mass is 16.2. The lowest BCUT2D eigenvalue weighted by Crippen LogP contribution is -2.34. The van der Waals surface area contributed by atoms with Crippen molar-refractivity contribution in [1.29, 1.82) is 0 Å². The van der Waals surface area contributed by atoms with Crippen LogP contribution in [0.2, 0.25) is 0 Å². The van der Waals surface area contributed by atoms with Crippen molar-refractivity contribution in [3.8, 4) is 0 Å². The first kappa shape index (κ1) is 13.6. The molecule has 3 nitrogen and oxygen atoms in total. The number of carbonyl (C=O) groups is 1. The summed E-state index contributed by atoms with van der Waals surface area (Å²) >= 11 is 0. The zero-order valence-corrected chi connectivity index (χ0v) is 10.9. The number of nitrogens with zero attached hydrogens (tertiary/aromatic N) is 1. The van der Waals surface area contributed by atoms with Crippen molar-refractivity contribution in [2.75, 3.05) is 12.8 Å². The zero-order chi connectivity index (χ0) is 12.8. The average molecular weight is 234 g/mol. The van der Waals surface area contributed by atoms with Gasteiger partial charge in [-0.15, -0.1) is 0 Å². The summed E-state index contributed by atoms with van der Waals surface area (Å²) in [5.74, 6) is 0.196. The third-order valence-corrected chi connectivity index (χ3v) is 3.22. The molecule has 0 aliphatic rings. The predicted molar refractivity (Wildman–Crippen MR) is 71.7 cm³/mol. The Balaban J connectivity index is 2.48. The molecule has 1 unspecified atom stereocenters. The number of benzene rings is 1. The molecular weight excluding hydrogens is 212 g/mol. The van der Waals surface area contributed by atoms with Crippen LogP contribution in [0.25, 0.3) is 0 Å². The minimum absolute atomic E-state index is 0.196. The Kier molecular flexibility index (Phi) is 5.01. The summed E-state index contributed by atoms with van der Waals surface area (Å²) in [6, 6.07) is 8.02. The molecule has 0 radical (unpaired) electrons. The average Bonchev–Trinajstić information content (AvgIpc) is 2.34. The number of rotatable bonds is 5. The number of aryl methyl sites for hydroxylation is 1. The van der Waals surface area contributed by atoms with Gasteiger partial charge >= 0.3 is 0 Å². The van der Waals surface area contributed by atoms with E-state index in [2.05, 4.69) is 13.8 Å². The Morgan fingerprint density at radius 2 is 2.18 bits per heavy atom. The fraction of sp³-hybridized carbons (Fsp3) is 0.500. The van der Waals surface area contributed by atoms with Crippen LogP contribution in [-0.2, 0) is 11.2 Å². The molecule has 0 aromatic heterocycles. The molecule has 0 fully saturated rings. The molecule has 1 aromatic carbocycles. The van der Waals surface area contributed by atoms with Crippen molar-refractivity contribution in [3.05, 3.63) is 29.8 Å². The number of carbonyl (C=O) groups excluding carboxylic acids is 1. The number of anilines is 1. The first-order valence-electron chi connectivity index (χ1n) is 6.14. The van der Waals surface area contributed by atoms with Gasteiger partial charge < -0.3 is 10.6 Å². The van der Waals surface area contributed by atoms with Crippen molar-refractivity contribution < 1.29 is 4.79 Å². The van der Waals surface area contributed by atoms with Gasteiger partial charge in [-0.3, -0.25) is 4.79 Å². The Hall–Kier alpha value is -1.51. The summed E-state index contributed by atoms with van der Waals surface area (Å²) in [7, 11) is 1.87. The van der Waals surface area contributed by atoms with E-state index < -0.39 is 0 Å². The van der Waals surface area contributed by atoms with Gasteiger partial charge in [0.05, 0.1) is 0 Å². The molecule has 3 heteroatoms. The second kappa shape index (κ2) is 6.28. The molecule has 0 aliphatic carbocycles. The molecule has 0 heterocycles. The molecule has 1 atom stereocenters. The van der Waals surface area contributed by atoms with Crippen LogP contribution in [0.15, 0.2) is 24.3 Å². The van der Waals surface area contributed by atoms with Crippen LogP contribution in [0.5, 0.6) is 0 Å². The second-order valence-corrected chi connectivity index (χ2v) is 4.51. The Morgan fingerprint density at radius 3 is 2.76 bits per heavy atom. The predicted octanol–water partition coefficient (Wildman–Crippen LogP) is 2.46. The molecule has 17 heavy (non-hydrogen) atoms.